The van der Waals surface area contributed by atoms with Gasteiger partial charge in [-0.1, -0.05) is 5.92 Å². The van der Waals surface area contributed by atoms with Crippen LogP contribution in [0.5, 0.6) is 0 Å². The van der Waals surface area contributed by atoms with Crippen LogP contribution < -0.4 is 5.46 Å². The van der Waals surface area contributed by atoms with E-state index in [-0.39, 0.29) is 11.0 Å². The summed E-state index contributed by atoms with van der Waals surface area (Å²) in [5.74, 6) is 1.27. The number of aromatic carboxylic acids is 1. The number of carbonyl (C=O) groups is 1. The Bertz CT molecular complexity index is 527. The molecule has 3 N–H and O–H groups in total. The number of carboxylic acids is 1. The van der Waals surface area contributed by atoms with Crippen LogP contribution in [0.3, 0.4) is 0 Å². The SMILES string of the molecule is C#Cc1c(C)c(B(O)O)c(C)c(C(=O)O)c1C. The minimum atomic E-state index is -1.74. The summed E-state index contributed by atoms with van der Waals surface area (Å²) in [6, 6.07) is 0. The average molecular weight is 232 g/mol. The second-order valence-corrected chi connectivity index (χ2v) is 3.86. The number of terminal acetylenes is 1. The number of rotatable bonds is 2. The van der Waals surface area contributed by atoms with Crippen molar-refractivity contribution in [2.75, 3.05) is 0 Å². The van der Waals surface area contributed by atoms with Crippen LogP contribution >= 0.6 is 0 Å². The molecule has 17 heavy (non-hydrogen) atoms. The van der Waals surface area contributed by atoms with Gasteiger partial charge in [0, 0.05) is 5.56 Å². The first-order valence-corrected chi connectivity index (χ1v) is 5.02. The van der Waals surface area contributed by atoms with Gasteiger partial charge in [0.15, 0.2) is 0 Å². The highest BCUT2D eigenvalue weighted by Crippen LogP contribution is 2.20. The molecule has 0 aliphatic heterocycles. The number of hydrogen-bond donors (Lipinski definition) is 3. The number of carboxylic acid groups (broad SMARTS) is 1. The molecule has 0 saturated carbocycles. The van der Waals surface area contributed by atoms with E-state index in [9.17, 15) is 14.8 Å². The molecule has 0 unspecified atom stereocenters. The maximum atomic E-state index is 11.2. The highest BCUT2D eigenvalue weighted by Gasteiger charge is 2.26. The molecule has 0 aliphatic carbocycles. The Morgan fingerprint density at radius 3 is 2.06 bits per heavy atom. The first kappa shape index (κ1) is 13.3. The van der Waals surface area contributed by atoms with Gasteiger partial charge in [0.05, 0.1) is 5.56 Å². The predicted molar refractivity (Wildman–Crippen MR) is 65.4 cm³/mol. The fourth-order valence-corrected chi connectivity index (χ4v) is 2.16. The van der Waals surface area contributed by atoms with Gasteiger partial charge in [0.2, 0.25) is 0 Å². The van der Waals surface area contributed by atoms with Crippen LogP contribution in [0.4, 0.5) is 0 Å². The van der Waals surface area contributed by atoms with Crippen LogP contribution in [-0.4, -0.2) is 28.2 Å². The molecule has 0 saturated heterocycles. The summed E-state index contributed by atoms with van der Waals surface area (Å²) in [5, 5.41) is 27.7. The molecule has 88 valence electrons. The lowest BCUT2D eigenvalue weighted by atomic mass is 9.71. The van der Waals surface area contributed by atoms with Gasteiger partial charge in [-0.15, -0.1) is 6.42 Å². The molecule has 0 amide bonds. The lowest BCUT2D eigenvalue weighted by Crippen LogP contribution is -2.37. The van der Waals surface area contributed by atoms with Crippen molar-refractivity contribution in [3.63, 3.8) is 0 Å². The third-order valence-corrected chi connectivity index (χ3v) is 2.92. The predicted octanol–water partition coefficient (Wildman–Crippen LogP) is -0.0288. The number of benzene rings is 1. The summed E-state index contributed by atoms with van der Waals surface area (Å²) in [6.45, 7) is 4.81. The molecule has 1 aromatic rings. The van der Waals surface area contributed by atoms with E-state index in [4.69, 9.17) is 11.5 Å². The fraction of sp³-hybridized carbons (Fsp3) is 0.250. The number of hydrogen-bond acceptors (Lipinski definition) is 3. The van der Waals surface area contributed by atoms with E-state index in [1.165, 1.54) is 0 Å². The normalized spacial score (nSPS) is 9.88. The zero-order valence-electron chi connectivity index (χ0n) is 9.90. The van der Waals surface area contributed by atoms with Crippen molar-refractivity contribution < 1.29 is 19.9 Å². The Balaban J connectivity index is 3.84. The molecule has 0 aromatic heterocycles. The molecule has 5 heteroatoms. The summed E-state index contributed by atoms with van der Waals surface area (Å²) in [5.41, 5.74) is 1.94. The second-order valence-electron chi connectivity index (χ2n) is 3.86. The van der Waals surface area contributed by atoms with Gasteiger partial charge in [0.25, 0.3) is 0 Å². The van der Waals surface area contributed by atoms with Crippen LogP contribution in [0.25, 0.3) is 0 Å². The average Bonchev–Trinajstić information content (AvgIpc) is 2.16. The molecular formula is C12H13BO4. The van der Waals surface area contributed by atoms with E-state index in [0.29, 0.717) is 22.3 Å². The van der Waals surface area contributed by atoms with Crippen LogP contribution in [0.1, 0.15) is 32.6 Å². The summed E-state index contributed by atoms with van der Waals surface area (Å²) in [6.07, 6.45) is 5.33. The smallest absolute Gasteiger partial charge is 0.478 e. The van der Waals surface area contributed by atoms with E-state index in [1.807, 2.05) is 0 Å². The highest BCUT2D eigenvalue weighted by atomic mass is 16.4. The fourth-order valence-electron chi connectivity index (χ4n) is 2.16. The van der Waals surface area contributed by atoms with E-state index in [0.717, 1.165) is 0 Å². The minimum Gasteiger partial charge on any atom is -0.478 e. The van der Waals surface area contributed by atoms with Crippen molar-refractivity contribution >= 4 is 18.6 Å². The zero-order chi connectivity index (χ0) is 13.3. The maximum absolute atomic E-state index is 11.2. The summed E-state index contributed by atoms with van der Waals surface area (Å²) in [4.78, 5) is 11.2. The summed E-state index contributed by atoms with van der Waals surface area (Å²) in [7, 11) is -1.74. The van der Waals surface area contributed by atoms with Crippen molar-refractivity contribution in [2.24, 2.45) is 0 Å². The molecule has 0 fully saturated rings. The molecule has 0 atom stereocenters. The van der Waals surface area contributed by atoms with E-state index in [1.54, 1.807) is 20.8 Å². The van der Waals surface area contributed by atoms with Gasteiger partial charge < -0.3 is 15.2 Å². The Labute approximate surface area is 100 Å². The van der Waals surface area contributed by atoms with Crippen molar-refractivity contribution in [3.05, 3.63) is 27.8 Å². The molecular weight excluding hydrogens is 219 g/mol. The first-order chi connectivity index (χ1) is 7.82. The Hall–Kier alpha value is -1.77. The molecule has 0 bridgehead atoms. The minimum absolute atomic E-state index is 0.0339. The van der Waals surface area contributed by atoms with Gasteiger partial charge in [0.1, 0.15) is 0 Å². The lowest BCUT2D eigenvalue weighted by molar-refractivity contribution is 0.0695. The monoisotopic (exact) mass is 232 g/mol. The maximum Gasteiger partial charge on any atom is 0.489 e. The summed E-state index contributed by atoms with van der Waals surface area (Å²) >= 11 is 0. The molecule has 4 nitrogen and oxygen atoms in total. The second kappa shape index (κ2) is 4.62. The van der Waals surface area contributed by atoms with E-state index in [2.05, 4.69) is 5.92 Å². The molecule has 1 rings (SSSR count). The lowest BCUT2D eigenvalue weighted by Gasteiger charge is -2.17. The third kappa shape index (κ3) is 2.05. The first-order valence-electron chi connectivity index (χ1n) is 5.02. The van der Waals surface area contributed by atoms with Crippen molar-refractivity contribution in [1.29, 1.82) is 0 Å². The van der Waals surface area contributed by atoms with Crippen LogP contribution in [-0.2, 0) is 0 Å². The van der Waals surface area contributed by atoms with Gasteiger partial charge in [-0.2, -0.15) is 0 Å². The van der Waals surface area contributed by atoms with Crippen LogP contribution in [0.2, 0.25) is 0 Å². The quantitative estimate of drug-likeness (QED) is 0.494. The topological polar surface area (TPSA) is 77.8 Å². The van der Waals surface area contributed by atoms with Crippen molar-refractivity contribution in [3.8, 4) is 12.3 Å². The standard InChI is InChI=1S/C12H13BO4/c1-5-9-6(2)10(12(14)15)8(4)11(7(9)3)13(16)17/h1,16-17H,2-4H3,(H,14,15). The van der Waals surface area contributed by atoms with Gasteiger partial charge >= 0.3 is 13.1 Å². The Kier molecular flexibility index (Phi) is 3.61. The van der Waals surface area contributed by atoms with Crippen molar-refractivity contribution in [2.45, 2.75) is 20.8 Å². The largest absolute Gasteiger partial charge is 0.489 e. The Morgan fingerprint density at radius 2 is 1.71 bits per heavy atom. The molecule has 0 aliphatic rings. The van der Waals surface area contributed by atoms with E-state index >= 15 is 0 Å². The Morgan fingerprint density at radius 1 is 1.18 bits per heavy atom. The highest BCUT2D eigenvalue weighted by molar-refractivity contribution is 6.60. The molecule has 0 heterocycles. The van der Waals surface area contributed by atoms with Crippen LogP contribution in [0.15, 0.2) is 0 Å². The molecule has 1 aromatic carbocycles. The third-order valence-electron chi connectivity index (χ3n) is 2.92. The molecule has 0 spiro atoms. The molecule has 0 radical (unpaired) electrons. The van der Waals surface area contributed by atoms with E-state index < -0.39 is 13.1 Å². The van der Waals surface area contributed by atoms with Crippen LogP contribution in [0, 0.1) is 33.1 Å². The van der Waals surface area contributed by atoms with Gasteiger partial charge in [-0.05, 0) is 42.9 Å². The van der Waals surface area contributed by atoms with Gasteiger partial charge in [-0.3, -0.25) is 0 Å². The van der Waals surface area contributed by atoms with Gasteiger partial charge in [-0.25, -0.2) is 4.79 Å². The van der Waals surface area contributed by atoms with Crippen molar-refractivity contribution in [1.82, 2.24) is 0 Å². The summed E-state index contributed by atoms with van der Waals surface area (Å²) < 4.78 is 0. The zero-order valence-corrected chi connectivity index (χ0v) is 9.90.